The molecule has 2 bridgehead atoms. The number of hydrogen-bond donors (Lipinski definition) is 0. The molecule has 3 aromatic rings. The lowest BCUT2D eigenvalue weighted by Crippen LogP contribution is -2.32. The van der Waals surface area contributed by atoms with Gasteiger partial charge in [-0.15, -0.1) is 0 Å². The highest BCUT2D eigenvalue weighted by atomic mass is 16.5. The molecule has 8 rings (SSSR count). The number of imide groups is 2. The van der Waals surface area contributed by atoms with Crippen molar-refractivity contribution < 1.29 is 28.7 Å². The van der Waals surface area contributed by atoms with Crippen LogP contribution in [-0.4, -0.2) is 29.6 Å². The maximum atomic E-state index is 13.6. The van der Waals surface area contributed by atoms with Crippen molar-refractivity contribution in [2.45, 2.75) is 44.4 Å². The summed E-state index contributed by atoms with van der Waals surface area (Å²) < 4.78 is 5.67. The predicted molar refractivity (Wildman–Crippen MR) is 161 cm³/mol. The molecule has 222 valence electrons. The van der Waals surface area contributed by atoms with E-state index in [4.69, 9.17) is 4.74 Å². The van der Waals surface area contributed by atoms with Gasteiger partial charge in [0.25, 0.3) is 0 Å². The van der Waals surface area contributed by atoms with Crippen molar-refractivity contribution in [3.8, 4) is 5.75 Å². The van der Waals surface area contributed by atoms with Crippen LogP contribution in [0.5, 0.6) is 5.75 Å². The number of hydrogen-bond acceptors (Lipinski definition) is 6. The largest absolute Gasteiger partial charge is 0.423 e. The third-order valence-electron chi connectivity index (χ3n) is 10.8. The van der Waals surface area contributed by atoms with E-state index < -0.39 is 5.97 Å². The Kier molecular flexibility index (Phi) is 6.29. The van der Waals surface area contributed by atoms with Gasteiger partial charge in [-0.3, -0.25) is 24.1 Å². The van der Waals surface area contributed by atoms with Crippen LogP contribution in [0, 0.1) is 35.5 Å². The maximum absolute atomic E-state index is 13.6. The Morgan fingerprint density at radius 2 is 1.25 bits per heavy atom. The zero-order chi connectivity index (χ0) is 30.1. The number of ether oxygens (including phenoxy) is 1. The van der Waals surface area contributed by atoms with Gasteiger partial charge in [0.2, 0.25) is 23.6 Å². The Hall–Kier alpha value is -4.59. The summed E-state index contributed by atoms with van der Waals surface area (Å²) in [5.41, 5.74) is 2.12. The second kappa shape index (κ2) is 10.3. The number of rotatable bonds is 5. The minimum Gasteiger partial charge on any atom is -0.423 e. The number of amides is 4. The Morgan fingerprint density at radius 1 is 0.614 bits per heavy atom. The van der Waals surface area contributed by atoms with E-state index in [2.05, 4.69) is 12.1 Å². The van der Waals surface area contributed by atoms with E-state index in [1.807, 2.05) is 18.2 Å². The van der Waals surface area contributed by atoms with Crippen molar-refractivity contribution in [2.75, 3.05) is 9.80 Å². The molecule has 44 heavy (non-hydrogen) atoms. The summed E-state index contributed by atoms with van der Waals surface area (Å²) in [6, 6.07) is 23.0. The summed E-state index contributed by atoms with van der Waals surface area (Å²) in [6.45, 7) is 0. The fraction of sp³-hybridized carbons (Fsp3) is 0.361. The summed E-state index contributed by atoms with van der Waals surface area (Å²) >= 11 is 0. The minimum absolute atomic E-state index is 0.154. The molecule has 3 aliphatic carbocycles. The highest BCUT2D eigenvalue weighted by molar-refractivity contribution is 6.23. The van der Waals surface area contributed by atoms with E-state index in [-0.39, 0.29) is 76.4 Å². The molecule has 0 radical (unpaired) electrons. The number of carbonyl (C=O) groups is 5. The van der Waals surface area contributed by atoms with Crippen LogP contribution in [-0.2, 0) is 19.2 Å². The molecule has 0 spiro atoms. The molecular weight excluding hydrogens is 556 g/mol. The minimum atomic E-state index is -0.668. The summed E-state index contributed by atoms with van der Waals surface area (Å²) in [4.78, 5) is 69.3. The van der Waals surface area contributed by atoms with Crippen LogP contribution in [0.15, 0.2) is 78.9 Å². The molecule has 4 amide bonds. The van der Waals surface area contributed by atoms with Crippen LogP contribution in [0.4, 0.5) is 11.4 Å². The van der Waals surface area contributed by atoms with Gasteiger partial charge < -0.3 is 4.74 Å². The monoisotopic (exact) mass is 588 g/mol. The number of carbonyl (C=O) groups excluding carboxylic acids is 5. The number of nitrogens with zero attached hydrogens (tertiary/aromatic N) is 2. The molecule has 5 aliphatic rings. The number of anilines is 2. The van der Waals surface area contributed by atoms with E-state index >= 15 is 0 Å². The van der Waals surface area contributed by atoms with Gasteiger partial charge in [0.1, 0.15) is 5.75 Å². The fourth-order valence-electron chi connectivity index (χ4n) is 8.75. The van der Waals surface area contributed by atoms with Crippen LogP contribution in [0.2, 0.25) is 0 Å². The first kappa shape index (κ1) is 27.0. The molecule has 7 atom stereocenters. The van der Waals surface area contributed by atoms with Gasteiger partial charge >= 0.3 is 5.97 Å². The van der Waals surface area contributed by atoms with Crippen molar-refractivity contribution in [2.24, 2.45) is 35.5 Å². The number of benzene rings is 3. The summed E-state index contributed by atoms with van der Waals surface area (Å²) in [5.74, 6) is -1.64. The quantitative estimate of drug-likeness (QED) is 0.221. The van der Waals surface area contributed by atoms with E-state index in [1.165, 1.54) is 21.4 Å². The highest BCUT2D eigenvalue weighted by Gasteiger charge is 2.61. The third kappa shape index (κ3) is 4.14. The van der Waals surface area contributed by atoms with E-state index in [1.54, 1.807) is 42.5 Å². The molecular formula is C36H32N2O6. The zero-order valence-corrected chi connectivity index (χ0v) is 24.1. The lowest BCUT2D eigenvalue weighted by molar-refractivity contribution is -0.124. The van der Waals surface area contributed by atoms with E-state index in [0.29, 0.717) is 24.2 Å². The third-order valence-corrected chi connectivity index (χ3v) is 10.8. The van der Waals surface area contributed by atoms with Crippen LogP contribution >= 0.6 is 0 Å². The lowest BCUT2D eigenvalue weighted by atomic mass is 9.73. The average Bonchev–Trinajstić information content (AvgIpc) is 3.79. The summed E-state index contributed by atoms with van der Waals surface area (Å²) in [6.07, 6.45) is 5.08. The molecule has 0 aromatic heterocycles. The second-order valence-electron chi connectivity index (χ2n) is 13.0. The maximum Gasteiger partial charge on any atom is 0.343 e. The molecule has 3 aromatic carbocycles. The van der Waals surface area contributed by atoms with Crippen molar-refractivity contribution in [1.29, 1.82) is 0 Å². The van der Waals surface area contributed by atoms with Gasteiger partial charge in [-0.1, -0.05) is 42.5 Å². The number of fused-ring (bicyclic) bond motifs is 6. The van der Waals surface area contributed by atoms with Crippen LogP contribution in [0.3, 0.4) is 0 Å². The molecule has 2 aliphatic heterocycles. The van der Waals surface area contributed by atoms with Crippen molar-refractivity contribution in [3.05, 3.63) is 90.0 Å². The smallest absolute Gasteiger partial charge is 0.343 e. The predicted octanol–water partition coefficient (Wildman–Crippen LogP) is 5.51. The van der Waals surface area contributed by atoms with Gasteiger partial charge in [-0.2, -0.15) is 0 Å². The molecule has 5 fully saturated rings. The first-order valence-corrected chi connectivity index (χ1v) is 15.6. The first-order chi connectivity index (χ1) is 21.4. The van der Waals surface area contributed by atoms with Gasteiger partial charge in [0.15, 0.2) is 0 Å². The average molecular weight is 589 g/mol. The molecule has 0 unspecified atom stereocenters. The van der Waals surface area contributed by atoms with Crippen LogP contribution in [0.1, 0.15) is 60.4 Å². The van der Waals surface area contributed by atoms with Gasteiger partial charge in [0, 0.05) is 6.07 Å². The first-order valence-electron chi connectivity index (χ1n) is 15.6. The second-order valence-corrected chi connectivity index (χ2v) is 13.0. The Morgan fingerprint density at radius 3 is 1.98 bits per heavy atom. The van der Waals surface area contributed by atoms with Gasteiger partial charge in [-0.05, 0) is 92.2 Å². The molecule has 2 saturated heterocycles. The van der Waals surface area contributed by atoms with Crippen LogP contribution in [0.25, 0.3) is 0 Å². The number of esters is 1. The zero-order valence-electron chi connectivity index (χ0n) is 24.1. The van der Waals surface area contributed by atoms with Gasteiger partial charge in [0.05, 0.1) is 40.6 Å². The van der Waals surface area contributed by atoms with Crippen molar-refractivity contribution >= 4 is 41.0 Å². The molecule has 2 heterocycles. The normalized spacial score (nSPS) is 30.6. The summed E-state index contributed by atoms with van der Waals surface area (Å²) in [7, 11) is 0. The highest BCUT2D eigenvalue weighted by Crippen LogP contribution is 2.56. The molecule has 8 nitrogen and oxygen atoms in total. The topological polar surface area (TPSA) is 101 Å². The van der Waals surface area contributed by atoms with Crippen molar-refractivity contribution in [3.63, 3.8) is 0 Å². The molecule has 0 N–H and O–H groups in total. The molecule has 8 heteroatoms. The van der Waals surface area contributed by atoms with E-state index in [0.717, 1.165) is 25.7 Å². The Labute approximate surface area is 255 Å². The standard InChI is InChI=1S/C36H32N2O6/c39-32-28-15-14-21(20-6-2-1-3-7-20)18-29(28)33(40)37(32)25-9-4-8-24(17-25)36(43)44-27-11-5-10-26(19-27)38-34(41)30-22-12-13-23(16-22)31(30)35(38)42/h1-11,17,19,21-23,28-31H,12-16,18H2/t21-,22-,23-,28+,29-,30-,31+/m0/s1. The lowest BCUT2D eigenvalue weighted by Gasteiger charge is -2.28. The fourth-order valence-corrected chi connectivity index (χ4v) is 8.75. The Balaban J connectivity index is 0.989. The van der Waals surface area contributed by atoms with Crippen LogP contribution < -0.4 is 14.5 Å². The SMILES string of the molecule is O=C(Oc1cccc(N2C(=O)[C@@H]3[C@H]4CC[C@@H](C4)[C@@H]3C2=O)c1)c1cccc(N2C(=O)[C@H]3C[C@@H](c4ccccc4)CC[C@H]3C2=O)c1. The molecule has 3 saturated carbocycles. The Bertz CT molecular complexity index is 1690. The van der Waals surface area contributed by atoms with Gasteiger partial charge in [-0.25, -0.2) is 9.69 Å². The van der Waals surface area contributed by atoms with E-state index in [9.17, 15) is 24.0 Å². The van der Waals surface area contributed by atoms with Crippen molar-refractivity contribution in [1.82, 2.24) is 0 Å². The summed E-state index contributed by atoms with van der Waals surface area (Å²) in [5, 5.41) is 0.